The molecule has 1 heterocycles. The van der Waals surface area contributed by atoms with Gasteiger partial charge in [-0.2, -0.15) is 0 Å². The van der Waals surface area contributed by atoms with Gasteiger partial charge in [0.25, 0.3) is 0 Å². The Hall–Kier alpha value is -2.57. The summed E-state index contributed by atoms with van der Waals surface area (Å²) >= 11 is 0. The molecule has 0 atom stereocenters. The zero-order chi connectivity index (χ0) is 19.8. The van der Waals surface area contributed by atoms with Crippen molar-refractivity contribution >= 4 is 11.6 Å². The predicted molar refractivity (Wildman–Crippen MR) is 114 cm³/mol. The number of hydrogen-bond donors (Lipinski definition) is 2. The van der Waals surface area contributed by atoms with Crippen LogP contribution in [0.15, 0.2) is 53.5 Å². The Kier molecular flexibility index (Phi) is 7.28. The minimum atomic E-state index is 0.156. The Morgan fingerprint density at radius 2 is 1.79 bits per heavy atom. The fourth-order valence-electron chi connectivity index (χ4n) is 3.11. The van der Waals surface area contributed by atoms with Crippen molar-refractivity contribution in [2.45, 2.75) is 33.0 Å². The molecule has 6 heteroatoms. The number of aliphatic imine (C=N–C) groups is 1. The monoisotopic (exact) mass is 382 g/mol. The number of hydrogen-bond acceptors (Lipinski definition) is 4. The molecular formula is C22H30N4O2. The molecule has 2 aromatic carbocycles. The van der Waals surface area contributed by atoms with E-state index < -0.39 is 0 Å². The highest BCUT2D eigenvalue weighted by molar-refractivity contribution is 5.92. The van der Waals surface area contributed by atoms with Crippen LogP contribution >= 0.6 is 0 Å². The maximum Gasteiger partial charge on any atom is 0.193 e. The van der Waals surface area contributed by atoms with Crippen molar-refractivity contribution in [2.75, 3.05) is 31.6 Å². The van der Waals surface area contributed by atoms with Gasteiger partial charge in [-0.15, -0.1) is 0 Å². The van der Waals surface area contributed by atoms with E-state index in [1.807, 2.05) is 44.2 Å². The fraction of sp³-hybridized carbons (Fsp3) is 0.409. The molecule has 28 heavy (non-hydrogen) atoms. The van der Waals surface area contributed by atoms with Gasteiger partial charge in [-0.1, -0.05) is 24.3 Å². The van der Waals surface area contributed by atoms with Crippen molar-refractivity contribution in [1.29, 1.82) is 0 Å². The van der Waals surface area contributed by atoms with Gasteiger partial charge in [0, 0.05) is 25.3 Å². The highest BCUT2D eigenvalue weighted by Gasteiger charge is 2.12. The van der Waals surface area contributed by atoms with Crippen LogP contribution in [0.1, 0.15) is 25.0 Å². The van der Waals surface area contributed by atoms with Gasteiger partial charge >= 0.3 is 0 Å². The number of rotatable bonds is 7. The summed E-state index contributed by atoms with van der Waals surface area (Å²) in [7, 11) is 0. The summed E-state index contributed by atoms with van der Waals surface area (Å²) in [6, 6.07) is 16.1. The molecule has 3 rings (SSSR count). The van der Waals surface area contributed by atoms with Crippen LogP contribution in [0.5, 0.6) is 5.75 Å². The van der Waals surface area contributed by atoms with Crippen LogP contribution in [0.25, 0.3) is 0 Å². The Morgan fingerprint density at radius 3 is 2.46 bits per heavy atom. The maximum absolute atomic E-state index is 6.09. The van der Waals surface area contributed by atoms with E-state index in [1.165, 1.54) is 11.1 Å². The summed E-state index contributed by atoms with van der Waals surface area (Å²) < 4.78 is 11.1. The van der Waals surface area contributed by atoms with Crippen LogP contribution in [-0.4, -0.2) is 43.3 Å². The third-order valence-corrected chi connectivity index (χ3v) is 4.53. The Labute approximate surface area is 167 Å². The first-order valence-corrected chi connectivity index (χ1v) is 9.80. The van der Waals surface area contributed by atoms with Crippen LogP contribution in [0.4, 0.5) is 5.69 Å². The molecule has 0 bridgehead atoms. The Balaban J connectivity index is 1.58. The number of guanidine groups is 1. The SMILES string of the molecule is CC(C)Oc1ccc(NC(N)=NCc2ccccc2CN2CCOCC2)cc1. The second kappa shape index (κ2) is 10.1. The van der Waals surface area contributed by atoms with Gasteiger partial charge in [0.15, 0.2) is 5.96 Å². The molecule has 1 aliphatic heterocycles. The van der Waals surface area contributed by atoms with E-state index in [0.717, 1.165) is 44.3 Å². The van der Waals surface area contributed by atoms with Gasteiger partial charge in [0.05, 0.1) is 25.9 Å². The molecular weight excluding hydrogens is 352 g/mol. The molecule has 150 valence electrons. The first kappa shape index (κ1) is 20.2. The molecule has 0 radical (unpaired) electrons. The zero-order valence-corrected chi connectivity index (χ0v) is 16.7. The molecule has 0 aromatic heterocycles. The van der Waals surface area contributed by atoms with Crippen LogP contribution < -0.4 is 15.8 Å². The van der Waals surface area contributed by atoms with Crippen LogP contribution in [0.2, 0.25) is 0 Å². The molecule has 2 aromatic rings. The lowest BCUT2D eigenvalue weighted by atomic mass is 10.1. The lowest BCUT2D eigenvalue weighted by Gasteiger charge is -2.27. The third kappa shape index (κ3) is 6.25. The zero-order valence-electron chi connectivity index (χ0n) is 16.7. The molecule has 0 aliphatic carbocycles. The number of benzene rings is 2. The van der Waals surface area contributed by atoms with E-state index in [2.05, 4.69) is 33.4 Å². The number of ether oxygens (including phenoxy) is 2. The maximum atomic E-state index is 6.09. The number of nitrogens with one attached hydrogen (secondary N) is 1. The van der Waals surface area contributed by atoms with Gasteiger partial charge in [-0.25, -0.2) is 4.99 Å². The van der Waals surface area contributed by atoms with Crippen LogP contribution in [0, 0.1) is 0 Å². The predicted octanol–water partition coefficient (Wildman–Crippen LogP) is 3.23. The molecule has 1 fully saturated rings. The number of nitrogens with two attached hydrogens (primary N) is 1. The van der Waals surface area contributed by atoms with Gasteiger partial charge in [-0.05, 0) is 49.2 Å². The van der Waals surface area contributed by atoms with E-state index in [0.29, 0.717) is 12.5 Å². The quantitative estimate of drug-likeness (QED) is 0.568. The van der Waals surface area contributed by atoms with Crippen LogP contribution in [0.3, 0.4) is 0 Å². The number of anilines is 1. The van der Waals surface area contributed by atoms with E-state index in [9.17, 15) is 0 Å². The van der Waals surface area contributed by atoms with Crippen molar-refractivity contribution in [2.24, 2.45) is 10.7 Å². The number of nitrogens with zero attached hydrogens (tertiary/aromatic N) is 2. The molecule has 6 nitrogen and oxygen atoms in total. The Morgan fingerprint density at radius 1 is 1.11 bits per heavy atom. The summed E-state index contributed by atoms with van der Waals surface area (Å²) in [5.41, 5.74) is 9.46. The molecule has 3 N–H and O–H groups in total. The van der Waals surface area contributed by atoms with E-state index in [-0.39, 0.29) is 6.10 Å². The third-order valence-electron chi connectivity index (χ3n) is 4.53. The summed E-state index contributed by atoms with van der Waals surface area (Å²) in [6.45, 7) is 9.03. The minimum absolute atomic E-state index is 0.156. The molecule has 0 amide bonds. The first-order valence-electron chi connectivity index (χ1n) is 9.80. The van der Waals surface area contributed by atoms with Gasteiger partial charge in [0.1, 0.15) is 5.75 Å². The summed E-state index contributed by atoms with van der Waals surface area (Å²) in [5.74, 6) is 1.24. The second-order valence-electron chi connectivity index (χ2n) is 7.17. The normalized spacial score (nSPS) is 15.6. The first-order chi connectivity index (χ1) is 13.6. The molecule has 1 saturated heterocycles. The Bertz CT molecular complexity index is 768. The largest absolute Gasteiger partial charge is 0.491 e. The molecule has 1 aliphatic rings. The molecule has 0 spiro atoms. The lowest BCUT2D eigenvalue weighted by Crippen LogP contribution is -2.35. The average Bonchev–Trinajstić information content (AvgIpc) is 2.69. The van der Waals surface area contributed by atoms with Crippen molar-refractivity contribution in [3.8, 4) is 5.75 Å². The van der Waals surface area contributed by atoms with Crippen molar-refractivity contribution in [1.82, 2.24) is 4.90 Å². The van der Waals surface area contributed by atoms with E-state index in [4.69, 9.17) is 15.2 Å². The van der Waals surface area contributed by atoms with E-state index in [1.54, 1.807) is 0 Å². The fourth-order valence-corrected chi connectivity index (χ4v) is 3.11. The highest BCUT2D eigenvalue weighted by atomic mass is 16.5. The topological polar surface area (TPSA) is 72.1 Å². The smallest absolute Gasteiger partial charge is 0.193 e. The van der Waals surface area contributed by atoms with Gasteiger partial charge < -0.3 is 20.5 Å². The molecule has 0 saturated carbocycles. The minimum Gasteiger partial charge on any atom is -0.491 e. The van der Waals surface area contributed by atoms with Crippen LogP contribution in [-0.2, 0) is 17.8 Å². The lowest BCUT2D eigenvalue weighted by molar-refractivity contribution is 0.0341. The van der Waals surface area contributed by atoms with Crippen molar-refractivity contribution < 1.29 is 9.47 Å². The standard InChI is InChI=1S/C22H30N4O2/c1-17(2)28-21-9-7-20(8-10-21)25-22(23)24-15-18-5-3-4-6-19(18)16-26-11-13-27-14-12-26/h3-10,17H,11-16H2,1-2H3,(H3,23,24,25). The van der Waals surface area contributed by atoms with Crippen molar-refractivity contribution in [3.05, 3.63) is 59.7 Å². The second-order valence-corrected chi connectivity index (χ2v) is 7.17. The van der Waals surface area contributed by atoms with E-state index >= 15 is 0 Å². The summed E-state index contributed by atoms with van der Waals surface area (Å²) in [4.78, 5) is 6.93. The number of morpholine rings is 1. The summed E-state index contributed by atoms with van der Waals surface area (Å²) in [5, 5.41) is 3.14. The summed E-state index contributed by atoms with van der Waals surface area (Å²) in [6.07, 6.45) is 0.156. The van der Waals surface area contributed by atoms with Gasteiger partial charge in [0.2, 0.25) is 0 Å². The highest BCUT2D eigenvalue weighted by Crippen LogP contribution is 2.17. The van der Waals surface area contributed by atoms with Crippen molar-refractivity contribution in [3.63, 3.8) is 0 Å². The van der Waals surface area contributed by atoms with Gasteiger partial charge in [-0.3, -0.25) is 4.90 Å². The molecule has 0 unspecified atom stereocenters. The average molecular weight is 383 g/mol.